The van der Waals surface area contributed by atoms with Gasteiger partial charge in [0, 0.05) is 11.6 Å². The number of carbonyl (C=O) groups is 1. The van der Waals surface area contributed by atoms with E-state index in [4.69, 9.17) is 5.73 Å². The van der Waals surface area contributed by atoms with Crippen LogP contribution in [0.4, 0.5) is 26.3 Å². The number of hydrogen-bond donors (Lipinski definition) is 1. The molecule has 2 atom stereocenters. The third-order valence-corrected chi connectivity index (χ3v) is 4.08. The molecule has 0 amide bonds. The molecular formula is C17H21F6NO2. The average molecular weight is 385 g/mol. The SMILES string of the molecule is CCCCC(C)(OC(=O)C(F)(F)F)C(F)(F)c1cccc([C@@H](C)N)c1F. The lowest BCUT2D eigenvalue weighted by Gasteiger charge is -2.37. The molecule has 148 valence electrons. The number of alkyl halides is 5. The molecule has 1 aromatic carbocycles. The summed E-state index contributed by atoms with van der Waals surface area (Å²) in [6.07, 6.45) is -5.63. The van der Waals surface area contributed by atoms with Crippen LogP contribution in [0.15, 0.2) is 18.2 Å². The Morgan fingerprint density at radius 1 is 1.23 bits per heavy atom. The molecule has 1 unspecified atom stereocenters. The summed E-state index contributed by atoms with van der Waals surface area (Å²) in [5.74, 6) is -8.30. The summed E-state index contributed by atoms with van der Waals surface area (Å²) >= 11 is 0. The van der Waals surface area contributed by atoms with Gasteiger partial charge in [0.25, 0.3) is 0 Å². The molecule has 2 N–H and O–H groups in total. The maximum atomic E-state index is 15.1. The Labute approximate surface area is 147 Å². The molecule has 0 spiro atoms. The van der Waals surface area contributed by atoms with Gasteiger partial charge < -0.3 is 10.5 Å². The molecule has 0 radical (unpaired) electrons. The molecule has 1 aromatic rings. The number of esters is 1. The number of ether oxygens (including phenoxy) is 1. The van der Waals surface area contributed by atoms with E-state index in [9.17, 15) is 22.4 Å². The first kappa shape index (κ1) is 22.3. The van der Waals surface area contributed by atoms with Crippen LogP contribution in [0.3, 0.4) is 0 Å². The predicted octanol–water partition coefficient (Wildman–Crippen LogP) is 4.99. The molecule has 0 saturated carbocycles. The Kier molecular flexibility index (Phi) is 6.73. The second kappa shape index (κ2) is 7.85. The van der Waals surface area contributed by atoms with E-state index in [-0.39, 0.29) is 12.0 Å². The third kappa shape index (κ3) is 4.49. The van der Waals surface area contributed by atoms with Crippen molar-refractivity contribution in [2.75, 3.05) is 0 Å². The smallest absolute Gasteiger partial charge is 0.446 e. The lowest BCUT2D eigenvalue weighted by atomic mass is 9.85. The minimum absolute atomic E-state index is 0.0474. The second-order valence-corrected chi connectivity index (χ2v) is 6.29. The van der Waals surface area contributed by atoms with Crippen LogP contribution in [0.2, 0.25) is 0 Å². The van der Waals surface area contributed by atoms with Crippen molar-refractivity contribution >= 4 is 5.97 Å². The molecule has 1 rings (SSSR count). The molecule has 0 saturated heterocycles. The molecule has 9 heteroatoms. The Hall–Kier alpha value is -1.77. The summed E-state index contributed by atoms with van der Waals surface area (Å²) in [4.78, 5) is 11.2. The summed E-state index contributed by atoms with van der Waals surface area (Å²) in [7, 11) is 0. The van der Waals surface area contributed by atoms with Crippen LogP contribution in [0.1, 0.15) is 57.2 Å². The topological polar surface area (TPSA) is 52.3 Å². The zero-order chi connectivity index (χ0) is 20.3. The predicted molar refractivity (Wildman–Crippen MR) is 83.0 cm³/mol. The normalized spacial score (nSPS) is 16.1. The van der Waals surface area contributed by atoms with E-state index in [2.05, 4.69) is 4.74 Å². The van der Waals surface area contributed by atoms with E-state index in [1.807, 2.05) is 0 Å². The number of rotatable bonds is 7. The van der Waals surface area contributed by atoms with Crippen LogP contribution >= 0.6 is 0 Å². The van der Waals surface area contributed by atoms with Gasteiger partial charge in [-0.3, -0.25) is 0 Å². The standard InChI is InChI=1S/C17H21F6NO2/c1-4-5-9-15(3,26-14(25)17(21,22)23)16(19,20)12-8-6-7-11(10(2)24)13(12)18/h6-8,10H,4-5,9,24H2,1-3H3/t10-,15?/m1/s1. The number of halogens is 6. The molecule has 3 nitrogen and oxygen atoms in total. The number of unbranched alkanes of at least 4 members (excludes halogenated alkanes) is 1. The molecule has 0 aromatic heterocycles. The van der Waals surface area contributed by atoms with E-state index in [0.717, 1.165) is 12.1 Å². The van der Waals surface area contributed by atoms with E-state index in [1.54, 1.807) is 6.92 Å². The van der Waals surface area contributed by atoms with Gasteiger partial charge in [0.1, 0.15) is 5.82 Å². The highest BCUT2D eigenvalue weighted by Gasteiger charge is 2.58. The average Bonchev–Trinajstić information content (AvgIpc) is 2.51. The van der Waals surface area contributed by atoms with Gasteiger partial charge in [0.05, 0.1) is 5.56 Å². The Balaban J connectivity index is 3.44. The zero-order valence-corrected chi connectivity index (χ0v) is 14.6. The summed E-state index contributed by atoms with van der Waals surface area (Å²) in [6.45, 7) is 3.67. The Morgan fingerprint density at radius 2 is 1.81 bits per heavy atom. The van der Waals surface area contributed by atoms with Gasteiger partial charge >= 0.3 is 18.1 Å². The van der Waals surface area contributed by atoms with Crippen molar-refractivity contribution < 1.29 is 35.9 Å². The van der Waals surface area contributed by atoms with Gasteiger partial charge in [-0.15, -0.1) is 0 Å². The van der Waals surface area contributed by atoms with Gasteiger partial charge in [0.15, 0.2) is 5.60 Å². The Bertz CT molecular complexity index is 645. The van der Waals surface area contributed by atoms with E-state index in [1.165, 1.54) is 13.0 Å². The monoisotopic (exact) mass is 385 g/mol. The van der Waals surface area contributed by atoms with Crippen LogP contribution < -0.4 is 5.73 Å². The fourth-order valence-corrected chi connectivity index (χ4v) is 2.48. The second-order valence-electron chi connectivity index (χ2n) is 6.29. The lowest BCUT2D eigenvalue weighted by Crippen LogP contribution is -2.49. The first-order chi connectivity index (χ1) is 11.8. The fourth-order valence-electron chi connectivity index (χ4n) is 2.48. The van der Waals surface area contributed by atoms with Crippen LogP contribution in [0, 0.1) is 5.82 Å². The van der Waals surface area contributed by atoms with Crippen LogP contribution in [0.25, 0.3) is 0 Å². The Morgan fingerprint density at radius 3 is 2.27 bits per heavy atom. The number of nitrogens with two attached hydrogens (primary N) is 1. The quantitative estimate of drug-likeness (QED) is 0.531. The van der Waals surface area contributed by atoms with E-state index >= 15 is 8.78 Å². The molecule has 26 heavy (non-hydrogen) atoms. The number of carbonyl (C=O) groups excluding carboxylic acids is 1. The molecule has 0 aliphatic carbocycles. The van der Waals surface area contributed by atoms with Crippen LogP contribution in [0.5, 0.6) is 0 Å². The molecule has 0 aliphatic heterocycles. The van der Waals surface area contributed by atoms with Crippen molar-refractivity contribution in [1.29, 1.82) is 0 Å². The van der Waals surface area contributed by atoms with Crippen molar-refractivity contribution in [3.8, 4) is 0 Å². The number of hydrogen-bond acceptors (Lipinski definition) is 3. The van der Waals surface area contributed by atoms with Gasteiger partial charge in [0.2, 0.25) is 0 Å². The summed E-state index contributed by atoms with van der Waals surface area (Å²) < 4.78 is 86.4. The zero-order valence-electron chi connectivity index (χ0n) is 14.6. The van der Waals surface area contributed by atoms with Crippen molar-refractivity contribution in [1.82, 2.24) is 0 Å². The summed E-state index contributed by atoms with van der Waals surface area (Å²) in [5, 5.41) is 0. The van der Waals surface area contributed by atoms with E-state index in [0.29, 0.717) is 13.3 Å². The largest absolute Gasteiger partial charge is 0.490 e. The van der Waals surface area contributed by atoms with E-state index < -0.39 is 47.5 Å². The molecule has 0 heterocycles. The molecule has 0 fully saturated rings. The maximum Gasteiger partial charge on any atom is 0.490 e. The molecule has 0 aliphatic rings. The minimum Gasteiger partial charge on any atom is -0.446 e. The third-order valence-electron chi connectivity index (χ3n) is 4.08. The van der Waals surface area contributed by atoms with Crippen molar-refractivity contribution in [3.05, 3.63) is 35.1 Å². The van der Waals surface area contributed by atoms with Crippen molar-refractivity contribution in [3.63, 3.8) is 0 Å². The van der Waals surface area contributed by atoms with Crippen molar-refractivity contribution in [2.24, 2.45) is 5.73 Å². The van der Waals surface area contributed by atoms with Gasteiger partial charge in [-0.05, 0) is 32.8 Å². The number of benzene rings is 1. The van der Waals surface area contributed by atoms with Gasteiger partial charge in [-0.2, -0.15) is 22.0 Å². The highest BCUT2D eigenvalue weighted by atomic mass is 19.4. The molecule has 0 bridgehead atoms. The first-order valence-corrected chi connectivity index (χ1v) is 8.00. The maximum absolute atomic E-state index is 15.1. The van der Waals surface area contributed by atoms with Crippen LogP contribution in [-0.4, -0.2) is 17.7 Å². The summed E-state index contributed by atoms with van der Waals surface area (Å²) in [5.41, 5.74) is 1.27. The highest BCUT2D eigenvalue weighted by molar-refractivity contribution is 5.76. The lowest BCUT2D eigenvalue weighted by molar-refractivity contribution is -0.247. The van der Waals surface area contributed by atoms with Gasteiger partial charge in [-0.1, -0.05) is 25.5 Å². The fraction of sp³-hybridized carbons (Fsp3) is 0.588. The van der Waals surface area contributed by atoms with Gasteiger partial charge in [-0.25, -0.2) is 9.18 Å². The molecular weight excluding hydrogens is 364 g/mol. The van der Waals surface area contributed by atoms with Crippen LogP contribution in [-0.2, 0) is 15.5 Å². The minimum atomic E-state index is -5.45. The first-order valence-electron chi connectivity index (χ1n) is 8.00. The van der Waals surface area contributed by atoms with Crippen molar-refractivity contribution in [2.45, 2.75) is 63.8 Å². The summed E-state index contributed by atoms with van der Waals surface area (Å²) in [6, 6.07) is 2.15. The highest BCUT2D eigenvalue weighted by Crippen LogP contribution is 2.46.